The Balaban J connectivity index is 1.73. The second-order valence-corrected chi connectivity index (χ2v) is 4.39. The highest BCUT2D eigenvalue weighted by atomic mass is 16.5. The van der Waals surface area contributed by atoms with E-state index in [-0.39, 0.29) is 0 Å². The van der Waals surface area contributed by atoms with Crippen LogP contribution >= 0.6 is 0 Å². The molecule has 1 aliphatic rings. The van der Waals surface area contributed by atoms with Gasteiger partial charge in [-0.15, -0.1) is 0 Å². The third kappa shape index (κ3) is 2.89. The molecule has 0 aliphatic carbocycles. The molecule has 0 spiro atoms. The van der Waals surface area contributed by atoms with Crippen molar-refractivity contribution in [3.8, 4) is 11.6 Å². The Morgan fingerprint density at radius 3 is 2.71 bits per heavy atom. The molecule has 2 heterocycles. The van der Waals surface area contributed by atoms with E-state index in [4.69, 9.17) is 15.6 Å². The number of hydrogen-bond donors (Lipinski definition) is 5. The number of fused-ring (bicyclic) bond motifs is 1. The third-order valence-electron chi connectivity index (χ3n) is 2.82. The van der Waals surface area contributed by atoms with Crippen molar-refractivity contribution in [3.05, 3.63) is 36.4 Å². The summed E-state index contributed by atoms with van der Waals surface area (Å²) in [5, 5.41) is 16.8. The summed E-state index contributed by atoms with van der Waals surface area (Å²) in [6.07, 6.45) is -1.75. The molecule has 0 saturated carbocycles. The number of nitrogens with two attached hydrogens (primary N) is 1. The van der Waals surface area contributed by atoms with Crippen molar-refractivity contribution in [1.82, 2.24) is 10.3 Å². The summed E-state index contributed by atoms with van der Waals surface area (Å²) in [4.78, 5) is 14.9. The third-order valence-corrected chi connectivity index (χ3v) is 2.82. The molecule has 108 valence electrons. The monoisotopic (exact) mass is 287 g/mol. The van der Waals surface area contributed by atoms with Gasteiger partial charge < -0.3 is 26.2 Å². The molecule has 8 heteroatoms. The fourth-order valence-electron chi connectivity index (χ4n) is 1.91. The predicted molar refractivity (Wildman–Crippen MR) is 77.4 cm³/mol. The van der Waals surface area contributed by atoms with Crippen molar-refractivity contribution in [2.24, 2.45) is 0 Å². The Labute approximate surface area is 119 Å². The van der Waals surface area contributed by atoms with Gasteiger partial charge in [-0.05, 0) is 30.3 Å². The molecule has 8 nitrogen and oxygen atoms in total. The summed E-state index contributed by atoms with van der Waals surface area (Å²) in [5.41, 5.74) is 6.95. The number of carbonyl (C=O) groups is 1. The zero-order chi connectivity index (χ0) is 14.8. The van der Waals surface area contributed by atoms with Crippen LogP contribution in [0, 0.1) is 0 Å². The van der Waals surface area contributed by atoms with Gasteiger partial charge in [0.2, 0.25) is 5.88 Å². The SMILES string of the molecule is Nc1ccc(Oc2ccc3c(n2)NC(NC(=O)O)N3)cc1. The highest BCUT2D eigenvalue weighted by molar-refractivity contribution is 5.74. The maximum Gasteiger partial charge on any atom is 0.407 e. The van der Waals surface area contributed by atoms with Crippen molar-refractivity contribution >= 4 is 23.3 Å². The lowest BCUT2D eigenvalue weighted by Gasteiger charge is -2.10. The number of nitrogen functional groups attached to an aromatic ring is 1. The molecule has 1 atom stereocenters. The lowest BCUT2D eigenvalue weighted by molar-refractivity contribution is 0.192. The highest BCUT2D eigenvalue weighted by Crippen LogP contribution is 2.30. The van der Waals surface area contributed by atoms with E-state index in [1.165, 1.54) is 0 Å². The van der Waals surface area contributed by atoms with Crippen molar-refractivity contribution in [2.45, 2.75) is 6.29 Å². The number of nitrogens with one attached hydrogen (secondary N) is 3. The Morgan fingerprint density at radius 2 is 2.00 bits per heavy atom. The zero-order valence-corrected chi connectivity index (χ0v) is 10.8. The number of carboxylic acid groups (broad SMARTS) is 1. The summed E-state index contributed by atoms with van der Waals surface area (Å²) in [5.74, 6) is 1.52. The predicted octanol–water partition coefficient (Wildman–Crippen LogP) is 1.84. The van der Waals surface area contributed by atoms with Crippen molar-refractivity contribution in [3.63, 3.8) is 0 Å². The van der Waals surface area contributed by atoms with Gasteiger partial charge in [-0.25, -0.2) is 4.79 Å². The van der Waals surface area contributed by atoms with Gasteiger partial charge >= 0.3 is 6.09 Å². The fourth-order valence-corrected chi connectivity index (χ4v) is 1.91. The van der Waals surface area contributed by atoms with Crippen LogP contribution in [-0.2, 0) is 0 Å². The molecule has 0 bridgehead atoms. The summed E-state index contributed by atoms with van der Waals surface area (Å²) in [7, 11) is 0. The molecule has 1 aromatic heterocycles. The van der Waals surface area contributed by atoms with Crippen LogP contribution in [0.5, 0.6) is 11.6 Å². The molecule has 1 aromatic carbocycles. The van der Waals surface area contributed by atoms with E-state index in [1.54, 1.807) is 36.4 Å². The van der Waals surface area contributed by atoms with Crippen LogP contribution in [0.1, 0.15) is 0 Å². The first-order valence-electron chi connectivity index (χ1n) is 6.17. The smallest absolute Gasteiger partial charge is 0.407 e. The van der Waals surface area contributed by atoms with E-state index < -0.39 is 12.4 Å². The molecule has 1 aliphatic heterocycles. The van der Waals surface area contributed by atoms with Gasteiger partial charge in [0.15, 0.2) is 12.1 Å². The normalized spacial score (nSPS) is 15.5. The highest BCUT2D eigenvalue weighted by Gasteiger charge is 2.22. The standard InChI is InChI=1S/C13H13N5O3/c14-7-1-3-8(4-2-7)21-10-6-5-9-11(16-10)17-12(15-9)18-13(19)20/h1-6,12,15,18H,14H2,(H,16,17)(H,19,20). The number of ether oxygens (including phenoxy) is 1. The van der Waals surface area contributed by atoms with E-state index in [0.29, 0.717) is 28.8 Å². The van der Waals surface area contributed by atoms with E-state index in [9.17, 15) is 4.79 Å². The van der Waals surface area contributed by atoms with E-state index in [0.717, 1.165) is 0 Å². The lowest BCUT2D eigenvalue weighted by Crippen LogP contribution is -2.42. The second kappa shape index (κ2) is 5.08. The molecule has 6 N–H and O–H groups in total. The number of benzene rings is 1. The lowest BCUT2D eigenvalue weighted by atomic mass is 10.3. The minimum absolute atomic E-state index is 0.392. The first kappa shape index (κ1) is 12.9. The van der Waals surface area contributed by atoms with Crippen LogP contribution in [0.15, 0.2) is 36.4 Å². The molecule has 3 rings (SSSR count). The van der Waals surface area contributed by atoms with Gasteiger partial charge in [0.1, 0.15) is 5.75 Å². The minimum atomic E-state index is -1.13. The van der Waals surface area contributed by atoms with Gasteiger partial charge in [0.25, 0.3) is 0 Å². The summed E-state index contributed by atoms with van der Waals surface area (Å²) < 4.78 is 5.60. The first-order chi connectivity index (χ1) is 10.1. The van der Waals surface area contributed by atoms with E-state index in [2.05, 4.69) is 20.9 Å². The number of amides is 1. The first-order valence-corrected chi connectivity index (χ1v) is 6.17. The maximum atomic E-state index is 10.6. The molecule has 0 fully saturated rings. The molecule has 0 radical (unpaired) electrons. The average Bonchev–Trinajstić information content (AvgIpc) is 2.82. The largest absolute Gasteiger partial charge is 0.465 e. The minimum Gasteiger partial charge on any atom is -0.465 e. The summed E-state index contributed by atoms with van der Waals surface area (Å²) in [6, 6.07) is 10.4. The van der Waals surface area contributed by atoms with E-state index in [1.807, 2.05) is 0 Å². The van der Waals surface area contributed by atoms with Gasteiger partial charge in [-0.1, -0.05) is 0 Å². The van der Waals surface area contributed by atoms with Gasteiger partial charge in [0.05, 0.1) is 5.69 Å². The van der Waals surface area contributed by atoms with Crippen LogP contribution in [0.3, 0.4) is 0 Å². The van der Waals surface area contributed by atoms with Crippen LogP contribution < -0.4 is 26.4 Å². The van der Waals surface area contributed by atoms with E-state index >= 15 is 0 Å². The van der Waals surface area contributed by atoms with Gasteiger partial charge in [-0.3, -0.25) is 5.32 Å². The van der Waals surface area contributed by atoms with Gasteiger partial charge in [-0.2, -0.15) is 4.98 Å². The zero-order valence-electron chi connectivity index (χ0n) is 10.8. The van der Waals surface area contributed by atoms with Gasteiger partial charge in [0, 0.05) is 11.8 Å². The number of hydrogen-bond acceptors (Lipinski definition) is 6. The number of nitrogens with zero attached hydrogens (tertiary/aromatic N) is 1. The Bertz CT molecular complexity index is 674. The quantitative estimate of drug-likeness (QED) is 0.546. The van der Waals surface area contributed by atoms with Crippen molar-refractivity contribution in [2.75, 3.05) is 16.4 Å². The second-order valence-electron chi connectivity index (χ2n) is 4.39. The molecule has 0 saturated heterocycles. The molecule has 2 aromatic rings. The number of aromatic nitrogens is 1. The molecule has 1 unspecified atom stereocenters. The number of anilines is 3. The number of rotatable bonds is 3. The van der Waals surface area contributed by atoms with Crippen molar-refractivity contribution < 1.29 is 14.6 Å². The maximum absolute atomic E-state index is 10.6. The van der Waals surface area contributed by atoms with Crippen molar-refractivity contribution in [1.29, 1.82) is 0 Å². The van der Waals surface area contributed by atoms with Crippen LogP contribution in [-0.4, -0.2) is 22.5 Å². The summed E-state index contributed by atoms with van der Waals surface area (Å²) >= 11 is 0. The van der Waals surface area contributed by atoms with Crippen LogP contribution in [0.2, 0.25) is 0 Å². The molecule has 1 amide bonds. The van der Waals surface area contributed by atoms with Crippen LogP contribution in [0.4, 0.5) is 22.0 Å². The Hall–Kier alpha value is -3.16. The molecule has 21 heavy (non-hydrogen) atoms. The Kier molecular flexibility index (Phi) is 3.11. The number of pyridine rings is 1. The molecular formula is C13H13N5O3. The fraction of sp³-hybridized carbons (Fsp3) is 0.0769. The van der Waals surface area contributed by atoms with Crippen LogP contribution in [0.25, 0.3) is 0 Å². The summed E-state index contributed by atoms with van der Waals surface area (Å²) in [6.45, 7) is 0. The average molecular weight is 287 g/mol. The topological polar surface area (TPSA) is 122 Å². The molecular weight excluding hydrogens is 274 g/mol. The Morgan fingerprint density at radius 1 is 1.24 bits per heavy atom.